The number of nitrogens with one attached hydrogen (secondary N) is 1. The zero-order chi connectivity index (χ0) is 48.5. The number of rotatable bonds is 55. The van der Waals surface area contributed by atoms with Gasteiger partial charge in [0.05, 0.1) is 18.8 Å². The molecule has 0 rings (SSSR count). The van der Waals surface area contributed by atoms with Crippen molar-refractivity contribution in [3.8, 4) is 0 Å². The third-order valence-electron chi connectivity index (χ3n) is 13.7. The van der Waals surface area contributed by atoms with Gasteiger partial charge in [0.15, 0.2) is 0 Å². The zero-order valence-electron chi connectivity index (χ0n) is 45.2. The number of aliphatic hydroxyl groups excluding tert-OH is 2. The largest absolute Gasteiger partial charge is 0.394 e. The molecule has 0 heterocycles. The Balaban J connectivity index is 3.52. The second kappa shape index (κ2) is 58.4. The lowest BCUT2D eigenvalue weighted by Gasteiger charge is -2.19. The van der Waals surface area contributed by atoms with Gasteiger partial charge in [0.25, 0.3) is 0 Å². The molecule has 0 aromatic heterocycles. The molecule has 0 aliphatic rings. The fourth-order valence-corrected chi connectivity index (χ4v) is 9.15. The molecule has 0 fully saturated rings. The quantitative estimate of drug-likeness (QED) is 0.0420. The fraction of sp³-hybridized carbons (Fsp3) is 0.825. The number of hydrogen-bond donors (Lipinski definition) is 3. The van der Waals surface area contributed by atoms with E-state index in [1.807, 2.05) is 6.08 Å². The highest BCUT2D eigenvalue weighted by Crippen LogP contribution is 2.17. The Morgan fingerprint density at radius 3 is 0.970 bits per heavy atom. The van der Waals surface area contributed by atoms with Crippen LogP contribution in [0.2, 0.25) is 0 Å². The van der Waals surface area contributed by atoms with Crippen molar-refractivity contribution in [2.45, 2.75) is 328 Å². The van der Waals surface area contributed by atoms with E-state index in [0.717, 1.165) is 51.4 Å². The summed E-state index contributed by atoms with van der Waals surface area (Å²) in [6.07, 6.45) is 82.6. The van der Waals surface area contributed by atoms with Gasteiger partial charge in [0, 0.05) is 6.42 Å². The van der Waals surface area contributed by atoms with Crippen LogP contribution in [0, 0.1) is 0 Å². The maximum Gasteiger partial charge on any atom is 0.220 e. The topological polar surface area (TPSA) is 69.6 Å². The number of carbonyl (C=O) groups excluding carboxylic acids is 1. The Labute approximate surface area is 419 Å². The van der Waals surface area contributed by atoms with Crippen LogP contribution in [0.25, 0.3) is 0 Å². The minimum atomic E-state index is -0.870. The number of allylic oxidation sites excluding steroid dienone is 9. The highest BCUT2D eigenvalue weighted by Gasteiger charge is 2.18. The van der Waals surface area contributed by atoms with Gasteiger partial charge in [-0.1, -0.05) is 299 Å². The van der Waals surface area contributed by atoms with Crippen molar-refractivity contribution in [3.63, 3.8) is 0 Å². The zero-order valence-corrected chi connectivity index (χ0v) is 45.2. The van der Waals surface area contributed by atoms with Crippen LogP contribution in [0.15, 0.2) is 60.8 Å². The normalized spacial score (nSPS) is 13.2. The molecule has 0 saturated carbocycles. The van der Waals surface area contributed by atoms with Crippen LogP contribution in [0.1, 0.15) is 316 Å². The van der Waals surface area contributed by atoms with Crippen molar-refractivity contribution in [2.75, 3.05) is 6.61 Å². The first-order chi connectivity index (χ1) is 33.2. The van der Waals surface area contributed by atoms with Gasteiger partial charge in [0.2, 0.25) is 5.91 Å². The van der Waals surface area contributed by atoms with Crippen LogP contribution in [0.5, 0.6) is 0 Å². The summed E-state index contributed by atoms with van der Waals surface area (Å²) in [4.78, 5) is 12.5. The van der Waals surface area contributed by atoms with Gasteiger partial charge in [-0.25, -0.2) is 0 Å². The van der Waals surface area contributed by atoms with Crippen molar-refractivity contribution in [2.24, 2.45) is 0 Å². The van der Waals surface area contributed by atoms with E-state index in [-0.39, 0.29) is 12.5 Å². The Hall–Kier alpha value is -1.91. The molecule has 2 atom stereocenters. The Morgan fingerprint density at radius 1 is 0.358 bits per heavy atom. The van der Waals surface area contributed by atoms with Gasteiger partial charge in [-0.2, -0.15) is 0 Å². The van der Waals surface area contributed by atoms with Gasteiger partial charge in [-0.15, -0.1) is 0 Å². The molecule has 2 unspecified atom stereocenters. The average molecular weight is 937 g/mol. The van der Waals surface area contributed by atoms with Crippen LogP contribution >= 0.6 is 0 Å². The van der Waals surface area contributed by atoms with Gasteiger partial charge in [-0.3, -0.25) is 4.79 Å². The number of amides is 1. The first-order valence-corrected chi connectivity index (χ1v) is 30.0. The fourth-order valence-electron chi connectivity index (χ4n) is 9.15. The molecule has 3 N–H and O–H groups in total. The van der Waals surface area contributed by atoms with Gasteiger partial charge in [0.1, 0.15) is 0 Å². The molecule has 0 saturated heterocycles. The van der Waals surface area contributed by atoms with Crippen LogP contribution in [0.4, 0.5) is 0 Å². The van der Waals surface area contributed by atoms with Gasteiger partial charge >= 0.3 is 0 Å². The Bertz CT molecular complexity index is 1110. The van der Waals surface area contributed by atoms with E-state index < -0.39 is 12.1 Å². The van der Waals surface area contributed by atoms with E-state index in [9.17, 15) is 15.0 Å². The molecule has 0 aromatic rings. The SMILES string of the molecule is CCCCCCC/C=C\C/C=C\C/C=C\CCCCCCCCCCC(=O)NC(CO)C(O)/C=C/CC/C=C/CCCCCCCCCCCCCCCCCCCCCCCCCCCC. The molecule has 0 aromatic carbocycles. The molecule has 0 spiro atoms. The summed E-state index contributed by atoms with van der Waals surface area (Å²) in [5.74, 6) is -0.0793. The second-order valence-corrected chi connectivity index (χ2v) is 20.4. The molecule has 0 radical (unpaired) electrons. The van der Waals surface area contributed by atoms with Crippen LogP contribution in [0.3, 0.4) is 0 Å². The van der Waals surface area contributed by atoms with Crippen molar-refractivity contribution >= 4 is 5.91 Å². The molecular formula is C63H117NO3. The molecule has 0 aliphatic heterocycles. The Kier molecular flexibility index (Phi) is 56.7. The van der Waals surface area contributed by atoms with Crippen molar-refractivity contribution in [1.82, 2.24) is 5.32 Å². The first-order valence-electron chi connectivity index (χ1n) is 30.0. The maximum absolute atomic E-state index is 12.5. The summed E-state index contributed by atoms with van der Waals surface area (Å²) in [6.45, 7) is 4.31. The summed E-state index contributed by atoms with van der Waals surface area (Å²) in [5.41, 5.74) is 0. The molecular weight excluding hydrogens is 819 g/mol. The molecule has 67 heavy (non-hydrogen) atoms. The summed E-state index contributed by atoms with van der Waals surface area (Å²) in [5, 5.41) is 23.2. The number of carbonyl (C=O) groups is 1. The van der Waals surface area contributed by atoms with E-state index in [4.69, 9.17) is 0 Å². The van der Waals surface area contributed by atoms with E-state index in [2.05, 4.69) is 67.8 Å². The van der Waals surface area contributed by atoms with E-state index in [0.29, 0.717) is 6.42 Å². The smallest absolute Gasteiger partial charge is 0.220 e. The summed E-state index contributed by atoms with van der Waals surface area (Å²) < 4.78 is 0. The third-order valence-corrected chi connectivity index (χ3v) is 13.7. The highest BCUT2D eigenvalue weighted by atomic mass is 16.3. The molecule has 0 bridgehead atoms. The lowest BCUT2D eigenvalue weighted by atomic mass is 10.0. The average Bonchev–Trinajstić information content (AvgIpc) is 3.33. The maximum atomic E-state index is 12.5. The van der Waals surface area contributed by atoms with Crippen molar-refractivity contribution in [3.05, 3.63) is 60.8 Å². The molecule has 4 nitrogen and oxygen atoms in total. The highest BCUT2D eigenvalue weighted by molar-refractivity contribution is 5.76. The van der Waals surface area contributed by atoms with Crippen LogP contribution in [-0.2, 0) is 4.79 Å². The summed E-state index contributed by atoms with van der Waals surface area (Å²) >= 11 is 0. The predicted molar refractivity (Wildman–Crippen MR) is 299 cm³/mol. The predicted octanol–water partition coefficient (Wildman–Crippen LogP) is 20.0. The summed E-state index contributed by atoms with van der Waals surface area (Å²) in [7, 11) is 0. The molecule has 4 heteroatoms. The molecule has 1 amide bonds. The lowest BCUT2D eigenvalue weighted by molar-refractivity contribution is -0.123. The molecule has 0 aliphatic carbocycles. The van der Waals surface area contributed by atoms with Gasteiger partial charge < -0.3 is 15.5 Å². The minimum absolute atomic E-state index is 0.0793. The molecule has 392 valence electrons. The lowest BCUT2D eigenvalue weighted by Crippen LogP contribution is -2.45. The number of hydrogen-bond acceptors (Lipinski definition) is 3. The first kappa shape index (κ1) is 65.1. The minimum Gasteiger partial charge on any atom is -0.394 e. The number of aliphatic hydroxyl groups is 2. The van der Waals surface area contributed by atoms with Crippen molar-refractivity contribution in [1.29, 1.82) is 0 Å². The van der Waals surface area contributed by atoms with E-state index >= 15 is 0 Å². The number of unbranched alkanes of at least 4 members (excludes halogenated alkanes) is 40. The standard InChI is InChI=1S/C63H117NO3/c1-3-5-7-9-11-13-15-17-19-21-23-25-27-28-29-30-31-32-33-34-35-37-38-40-42-44-46-48-50-52-54-56-58-62(66)61(60-65)64-63(67)59-57-55-53-51-49-47-45-43-41-39-36-26-24-22-20-18-16-14-12-10-8-6-4-2/h16,18,22,24,36,39,48,50,56,58,61-62,65-66H,3-15,17,19-21,23,25-35,37-38,40-47,49,51-55,57,59-60H2,1-2H3,(H,64,67)/b18-16-,24-22-,39-36-,50-48+,58-56+. The van der Waals surface area contributed by atoms with E-state index in [1.165, 1.54) is 244 Å². The van der Waals surface area contributed by atoms with Crippen LogP contribution < -0.4 is 5.32 Å². The second-order valence-electron chi connectivity index (χ2n) is 20.4. The van der Waals surface area contributed by atoms with Crippen molar-refractivity contribution < 1.29 is 15.0 Å². The summed E-state index contributed by atoms with van der Waals surface area (Å²) in [6, 6.07) is -0.647. The monoisotopic (exact) mass is 936 g/mol. The van der Waals surface area contributed by atoms with E-state index in [1.54, 1.807) is 6.08 Å². The Morgan fingerprint density at radius 2 is 0.627 bits per heavy atom. The third kappa shape index (κ3) is 54.9. The van der Waals surface area contributed by atoms with Crippen LogP contribution in [-0.4, -0.2) is 34.9 Å². The van der Waals surface area contributed by atoms with Gasteiger partial charge in [-0.05, 0) is 70.6 Å².